The standard InChI is InChI=1S/C18H21N3O5S/c1-14-3-5-16(6-4-14)27(24,25)20-11-7-15(8-12-20)18(22)26-13-17-19-9-2-10-21(17)23/h2-6,9-10,15H,7-8,11-13H2,1H3. The summed E-state index contributed by atoms with van der Waals surface area (Å²) < 4.78 is 32.5. The Hall–Kier alpha value is -2.52. The molecule has 1 aromatic carbocycles. The van der Waals surface area contributed by atoms with Crippen LogP contribution < -0.4 is 4.73 Å². The lowest BCUT2D eigenvalue weighted by Gasteiger charge is -2.30. The number of esters is 1. The third-order valence-corrected chi connectivity index (χ3v) is 6.49. The molecule has 27 heavy (non-hydrogen) atoms. The molecule has 0 unspecified atom stereocenters. The highest BCUT2D eigenvalue weighted by Crippen LogP contribution is 2.25. The summed E-state index contributed by atoms with van der Waals surface area (Å²) in [7, 11) is -3.56. The van der Waals surface area contributed by atoms with E-state index in [2.05, 4.69) is 4.98 Å². The van der Waals surface area contributed by atoms with Gasteiger partial charge < -0.3 is 9.94 Å². The lowest BCUT2D eigenvalue weighted by Crippen LogP contribution is -2.41. The van der Waals surface area contributed by atoms with E-state index in [1.54, 1.807) is 24.3 Å². The van der Waals surface area contributed by atoms with Gasteiger partial charge in [0, 0.05) is 19.2 Å². The summed E-state index contributed by atoms with van der Waals surface area (Å²) in [5, 5.41) is 11.5. The minimum Gasteiger partial charge on any atom is -0.711 e. The van der Waals surface area contributed by atoms with Crippen LogP contribution in [-0.2, 0) is 26.2 Å². The number of aryl methyl sites for hydroxylation is 1. The van der Waals surface area contributed by atoms with E-state index in [0.29, 0.717) is 17.6 Å². The van der Waals surface area contributed by atoms with Crippen molar-refractivity contribution in [2.75, 3.05) is 13.1 Å². The monoisotopic (exact) mass is 391 g/mol. The van der Waals surface area contributed by atoms with Gasteiger partial charge in [0.25, 0.3) is 0 Å². The Morgan fingerprint density at radius 3 is 2.59 bits per heavy atom. The summed E-state index contributed by atoms with van der Waals surface area (Å²) in [6.07, 6.45) is 3.49. The summed E-state index contributed by atoms with van der Waals surface area (Å²) in [5.41, 5.74) is 0.989. The van der Waals surface area contributed by atoms with Crippen molar-refractivity contribution in [1.29, 1.82) is 0 Å². The fourth-order valence-corrected chi connectivity index (χ4v) is 4.40. The van der Waals surface area contributed by atoms with Crippen LogP contribution in [0.4, 0.5) is 0 Å². The summed E-state index contributed by atoms with van der Waals surface area (Å²) in [6, 6.07) is 8.20. The summed E-state index contributed by atoms with van der Waals surface area (Å²) in [4.78, 5) is 16.3. The Balaban J connectivity index is 1.56. The first-order valence-electron chi connectivity index (χ1n) is 8.64. The van der Waals surface area contributed by atoms with Crippen LogP contribution >= 0.6 is 0 Å². The van der Waals surface area contributed by atoms with Gasteiger partial charge in [0.2, 0.25) is 10.0 Å². The second-order valence-electron chi connectivity index (χ2n) is 6.46. The maximum atomic E-state index is 12.7. The normalized spacial score (nSPS) is 16.2. The SMILES string of the molecule is Cc1ccc(S(=O)(=O)N2CCC(C(=O)OCc3nccc[n+]3[O-])CC2)cc1. The van der Waals surface area contributed by atoms with Gasteiger partial charge in [-0.3, -0.25) is 4.79 Å². The predicted octanol–water partition coefficient (Wildman–Crippen LogP) is 1.17. The van der Waals surface area contributed by atoms with E-state index in [-0.39, 0.29) is 30.4 Å². The van der Waals surface area contributed by atoms with Gasteiger partial charge in [-0.2, -0.15) is 4.31 Å². The smallest absolute Gasteiger partial charge is 0.339 e. The number of hydrogen-bond donors (Lipinski definition) is 0. The van der Waals surface area contributed by atoms with Crippen molar-refractivity contribution in [3.63, 3.8) is 0 Å². The molecule has 0 N–H and O–H groups in total. The van der Waals surface area contributed by atoms with E-state index in [0.717, 1.165) is 5.56 Å². The second-order valence-corrected chi connectivity index (χ2v) is 8.40. The quantitative estimate of drug-likeness (QED) is 0.431. The summed E-state index contributed by atoms with van der Waals surface area (Å²) in [5.74, 6) is -0.725. The lowest BCUT2D eigenvalue weighted by atomic mass is 9.98. The number of hydrogen-bond acceptors (Lipinski definition) is 6. The van der Waals surface area contributed by atoms with Gasteiger partial charge in [-0.05, 0) is 36.9 Å². The lowest BCUT2D eigenvalue weighted by molar-refractivity contribution is -0.620. The van der Waals surface area contributed by atoms with Crippen LogP contribution in [0.5, 0.6) is 0 Å². The molecular formula is C18H21N3O5S. The number of sulfonamides is 1. The van der Waals surface area contributed by atoms with Crippen molar-refractivity contribution in [3.05, 3.63) is 59.3 Å². The number of carbonyl (C=O) groups is 1. The van der Waals surface area contributed by atoms with Crippen molar-refractivity contribution in [1.82, 2.24) is 9.29 Å². The fourth-order valence-electron chi connectivity index (χ4n) is 2.93. The average Bonchev–Trinajstić information content (AvgIpc) is 2.67. The minimum absolute atomic E-state index is 0.102. The molecule has 0 atom stereocenters. The van der Waals surface area contributed by atoms with Crippen LogP contribution in [0.1, 0.15) is 24.2 Å². The van der Waals surface area contributed by atoms with Gasteiger partial charge in [0.05, 0.1) is 17.0 Å². The van der Waals surface area contributed by atoms with Crippen molar-refractivity contribution in [2.45, 2.75) is 31.3 Å². The van der Waals surface area contributed by atoms with E-state index in [4.69, 9.17) is 4.74 Å². The summed E-state index contributed by atoms with van der Waals surface area (Å²) in [6.45, 7) is 2.19. The molecule has 0 spiro atoms. The summed E-state index contributed by atoms with van der Waals surface area (Å²) >= 11 is 0. The Morgan fingerprint density at radius 2 is 1.96 bits per heavy atom. The zero-order valence-electron chi connectivity index (χ0n) is 14.9. The first-order chi connectivity index (χ1) is 12.9. The number of nitrogens with zero attached hydrogens (tertiary/aromatic N) is 3. The van der Waals surface area contributed by atoms with Crippen LogP contribution in [0.25, 0.3) is 0 Å². The van der Waals surface area contributed by atoms with Crippen LogP contribution in [0.3, 0.4) is 0 Å². The van der Waals surface area contributed by atoms with E-state index in [9.17, 15) is 18.4 Å². The Kier molecular flexibility index (Phi) is 5.71. The molecule has 8 nitrogen and oxygen atoms in total. The molecule has 0 aliphatic carbocycles. The number of aromatic nitrogens is 2. The molecule has 0 saturated carbocycles. The zero-order chi connectivity index (χ0) is 19.4. The average molecular weight is 391 g/mol. The van der Waals surface area contributed by atoms with Crippen LogP contribution in [-0.4, -0.2) is 36.8 Å². The molecule has 1 fully saturated rings. The maximum absolute atomic E-state index is 12.7. The largest absolute Gasteiger partial charge is 0.711 e. The predicted molar refractivity (Wildman–Crippen MR) is 95.7 cm³/mol. The Labute approximate surface area is 158 Å². The maximum Gasteiger partial charge on any atom is 0.339 e. The molecule has 3 rings (SSSR count). The van der Waals surface area contributed by atoms with E-state index in [1.165, 1.54) is 22.8 Å². The second kappa shape index (κ2) is 8.01. The highest BCUT2D eigenvalue weighted by molar-refractivity contribution is 7.89. The van der Waals surface area contributed by atoms with Crippen molar-refractivity contribution in [3.8, 4) is 0 Å². The van der Waals surface area contributed by atoms with E-state index >= 15 is 0 Å². The molecule has 144 valence electrons. The first kappa shape index (κ1) is 19.2. The molecule has 0 radical (unpaired) electrons. The van der Waals surface area contributed by atoms with Gasteiger partial charge in [0.15, 0.2) is 6.61 Å². The topological polar surface area (TPSA) is 104 Å². The van der Waals surface area contributed by atoms with Gasteiger partial charge >= 0.3 is 11.8 Å². The van der Waals surface area contributed by atoms with Gasteiger partial charge in [-0.1, -0.05) is 17.7 Å². The van der Waals surface area contributed by atoms with Crippen molar-refractivity contribution < 1.29 is 22.7 Å². The van der Waals surface area contributed by atoms with Gasteiger partial charge in [-0.25, -0.2) is 13.1 Å². The van der Waals surface area contributed by atoms with Crippen molar-refractivity contribution in [2.24, 2.45) is 5.92 Å². The molecule has 2 heterocycles. The van der Waals surface area contributed by atoms with Crippen molar-refractivity contribution >= 4 is 16.0 Å². The number of ether oxygens (including phenoxy) is 1. The molecular weight excluding hydrogens is 370 g/mol. The van der Waals surface area contributed by atoms with Crippen LogP contribution in [0.15, 0.2) is 47.6 Å². The molecule has 1 aliphatic rings. The van der Waals surface area contributed by atoms with Gasteiger partial charge in [-0.15, -0.1) is 0 Å². The zero-order valence-corrected chi connectivity index (χ0v) is 15.8. The molecule has 2 aromatic rings. The molecule has 1 aliphatic heterocycles. The number of benzene rings is 1. The number of piperidine rings is 1. The third-order valence-electron chi connectivity index (χ3n) is 4.58. The number of carbonyl (C=O) groups excluding carboxylic acids is 1. The van der Waals surface area contributed by atoms with Crippen LogP contribution in [0.2, 0.25) is 0 Å². The Bertz CT molecular complexity index is 907. The molecule has 9 heteroatoms. The number of rotatable bonds is 5. The fraction of sp³-hybridized carbons (Fsp3) is 0.389. The minimum atomic E-state index is -3.56. The first-order valence-corrected chi connectivity index (χ1v) is 10.1. The molecule has 0 amide bonds. The van der Waals surface area contributed by atoms with Crippen LogP contribution in [0, 0.1) is 18.0 Å². The molecule has 1 aromatic heterocycles. The Morgan fingerprint density at radius 1 is 1.30 bits per heavy atom. The van der Waals surface area contributed by atoms with E-state index < -0.39 is 21.9 Å². The highest BCUT2D eigenvalue weighted by atomic mass is 32.2. The molecule has 1 saturated heterocycles. The molecule has 0 bridgehead atoms. The van der Waals surface area contributed by atoms with E-state index in [1.807, 2.05) is 6.92 Å². The third kappa shape index (κ3) is 4.42. The highest BCUT2D eigenvalue weighted by Gasteiger charge is 2.33. The van der Waals surface area contributed by atoms with Gasteiger partial charge in [0.1, 0.15) is 6.20 Å².